The highest BCUT2D eigenvalue weighted by Crippen LogP contribution is 2.33. The van der Waals surface area contributed by atoms with Crippen molar-refractivity contribution in [3.05, 3.63) is 72.3 Å². The number of aliphatic hydroxyl groups is 1. The summed E-state index contributed by atoms with van der Waals surface area (Å²) in [5, 5.41) is 17.0. The number of rotatable bonds is 1. The van der Waals surface area contributed by atoms with Crippen LogP contribution in [0.15, 0.2) is 66.7 Å². The molecule has 0 amide bonds. The van der Waals surface area contributed by atoms with Crippen molar-refractivity contribution in [2.45, 2.75) is 6.61 Å². The first-order valence-electron chi connectivity index (χ1n) is 6.81. The van der Waals surface area contributed by atoms with E-state index in [-0.39, 0.29) is 6.61 Å². The molecular formula is C19H14O. The summed E-state index contributed by atoms with van der Waals surface area (Å²) in [4.78, 5) is 0. The Bertz CT molecular complexity index is 938. The van der Waals surface area contributed by atoms with Gasteiger partial charge in [0, 0.05) is 0 Å². The van der Waals surface area contributed by atoms with E-state index in [0.717, 1.165) is 16.3 Å². The summed E-state index contributed by atoms with van der Waals surface area (Å²) in [6.45, 7) is 0.0657. The number of benzene rings is 4. The minimum Gasteiger partial charge on any atom is -0.392 e. The zero-order valence-electron chi connectivity index (χ0n) is 11.0. The monoisotopic (exact) mass is 259 g/mol. The molecule has 96 valence electrons. The summed E-state index contributed by atoms with van der Waals surface area (Å²) < 4.78 is 0. The average molecular weight is 259 g/mol. The van der Waals surface area contributed by atoms with Gasteiger partial charge < -0.3 is 5.11 Å². The van der Waals surface area contributed by atoms with Crippen LogP contribution in [0.2, 0.25) is 0 Å². The van der Waals surface area contributed by atoms with Crippen LogP contribution in [0.25, 0.3) is 32.3 Å². The van der Waals surface area contributed by atoms with E-state index in [0.29, 0.717) is 0 Å². The second-order valence-electron chi connectivity index (χ2n) is 5.12. The highest BCUT2D eigenvalue weighted by atomic mass is 16.3. The van der Waals surface area contributed by atoms with Gasteiger partial charge in [0.1, 0.15) is 0 Å². The van der Waals surface area contributed by atoms with E-state index in [4.69, 9.17) is 0 Å². The predicted octanol–water partition coefficient (Wildman–Crippen LogP) is 4.64. The van der Waals surface area contributed by atoms with Gasteiger partial charge in [-0.2, -0.15) is 0 Å². The summed E-state index contributed by atoms with van der Waals surface area (Å²) in [7, 11) is 0. The van der Waals surface area contributed by atoms with Crippen molar-refractivity contribution in [1.82, 2.24) is 0 Å². The summed E-state index contributed by atoms with van der Waals surface area (Å²) in [6.07, 6.45) is 0. The highest BCUT2D eigenvalue weighted by molar-refractivity contribution is 6.13. The summed E-state index contributed by atoms with van der Waals surface area (Å²) >= 11 is 0. The maximum absolute atomic E-state index is 9.81. The van der Waals surface area contributed by atoms with Crippen molar-refractivity contribution in [1.29, 1.82) is 0 Å². The minimum absolute atomic E-state index is 0.0657. The van der Waals surface area contributed by atoms with Crippen LogP contribution in [-0.4, -0.2) is 5.11 Å². The van der Waals surface area contributed by atoms with E-state index < -0.39 is 0 Å². The van der Waals surface area contributed by atoms with Crippen molar-refractivity contribution in [3.63, 3.8) is 0 Å². The van der Waals surface area contributed by atoms with Crippen molar-refractivity contribution >= 4 is 32.3 Å². The Labute approximate surface area is 117 Å². The minimum atomic E-state index is 0.0657. The topological polar surface area (TPSA) is 20.2 Å². The van der Waals surface area contributed by atoms with Gasteiger partial charge in [0.05, 0.1) is 6.61 Å². The Morgan fingerprint density at radius 3 is 2.10 bits per heavy atom. The van der Waals surface area contributed by atoms with Crippen molar-refractivity contribution in [2.24, 2.45) is 0 Å². The third kappa shape index (κ3) is 1.54. The van der Waals surface area contributed by atoms with Crippen LogP contribution in [-0.2, 0) is 6.61 Å². The SMILES string of the molecule is O[13CH2]c1c2ccccc2cc2c1ccc1ccccc12. The van der Waals surface area contributed by atoms with Gasteiger partial charge in [-0.25, -0.2) is 0 Å². The maximum atomic E-state index is 9.81. The number of aliphatic hydroxyl groups excluding tert-OH is 1. The van der Waals surface area contributed by atoms with Crippen LogP contribution < -0.4 is 0 Å². The quantitative estimate of drug-likeness (QED) is 0.300. The fourth-order valence-corrected chi connectivity index (χ4v) is 3.08. The normalized spacial score (nSPS) is 11.4. The summed E-state index contributed by atoms with van der Waals surface area (Å²) in [5.41, 5.74) is 1.02. The molecule has 0 spiro atoms. The van der Waals surface area contributed by atoms with Gasteiger partial charge in [-0.15, -0.1) is 0 Å². The van der Waals surface area contributed by atoms with Gasteiger partial charge in [0.2, 0.25) is 0 Å². The van der Waals surface area contributed by atoms with Gasteiger partial charge in [0.15, 0.2) is 0 Å². The third-order valence-electron chi connectivity index (χ3n) is 4.04. The molecule has 0 unspecified atom stereocenters. The van der Waals surface area contributed by atoms with Crippen molar-refractivity contribution in [2.75, 3.05) is 0 Å². The zero-order chi connectivity index (χ0) is 13.5. The number of hydrogen-bond acceptors (Lipinski definition) is 1. The molecule has 1 N–H and O–H groups in total. The average Bonchev–Trinajstić information content (AvgIpc) is 2.52. The predicted molar refractivity (Wildman–Crippen MR) is 84.9 cm³/mol. The molecule has 4 rings (SSSR count). The lowest BCUT2D eigenvalue weighted by Gasteiger charge is -2.11. The summed E-state index contributed by atoms with van der Waals surface area (Å²) in [5.74, 6) is 0. The second kappa shape index (κ2) is 4.32. The standard InChI is InChI=1S/C19H14O/c20-12-19-16-8-4-2-6-14(16)11-18-15-7-3-1-5-13(15)9-10-17(18)19/h1-11,20H,12H2/i12+1. The Morgan fingerprint density at radius 1 is 0.600 bits per heavy atom. The van der Waals surface area contributed by atoms with Crippen molar-refractivity contribution in [3.8, 4) is 0 Å². The molecule has 0 saturated carbocycles. The largest absolute Gasteiger partial charge is 0.392 e. The molecule has 20 heavy (non-hydrogen) atoms. The molecule has 4 aromatic carbocycles. The van der Waals surface area contributed by atoms with Crippen LogP contribution in [0.4, 0.5) is 0 Å². The molecule has 0 saturated heterocycles. The Kier molecular flexibility index (Phi) is 2.48. The van der Waals surface area contributed by atoms with E-state index >= 15 is 0 Å². The van der Waals surface area contributed by atoms with E-state index in [1.807, 2.05) is 12.1 Å². The molecular weight excluding hydrogens is 245 g/mol. The highest BCUT2D eigenvalue weighted by Gasteiger charge is 2.08. The van der Waals surface area contributed by atoms with Gasteiger partial charge >= 0.3 is 0 Å². The smallest absolute Gasteiger partial charge is 0.0693 e. The van der Waals surface area contributed by atoms with E-state index in [1.54, 1.807) is 0 Å². The molecule has 0 fully saturated rings. The molecule has 4 aromatic rings. The van der Waals surface area contributed by atoms with E-state index in [1.165, 1.54) is 21.5 Å². The van der Waals surface area contributed by atoms with Crippen LogP contribution in [0.3, 0.4) is 0 Å². The molecule has 1 nitrogen and oxygen atoms in total. The number of hydrogen-bond donors (Lipinski definition) is 1. The van der Waals surface area contributed by atoms with Gasteiger partial charge in [-0.3, -0.25) is 0 Å². The fraction of sp³-hybridized carbons (Fsp3) is 0.0526. The van der Waals surface area contributed by atoms with Gasteiger partial charge in [0.25, 0.3) is 0 Å². The maximum Gasteiger partial charge on any atom is 0.0693 e. The van der Waals surface area contributed by atoms with Crippen LogP contribution in [0.5, 0.6) is 0 Å². The molecule has 0 atom stereocenters. The second-order valence-corrected chi connectivity index (χ2v) is 5.12. The zero-order valence-corrected chi connectivity index (χ0v) is 11.0. The Hall–Kier alpha value is -2.38. The van der Waals surface area contributed by atoms with Crippen molar-refractivity contribution < 1.29 is 5.11 Å². The lowest BCUT2D eigenvalue weighted by atomic mass is 9.96. The molecule has 1 heteroatoms. The Morgan fingerprint density at radius 2 is 1.30 bits per heavy atom. The molecule has 0 bridgehead atoms. The first-order chi connectivity index (χ1) is 9.88. The van der Waals surface area contributed by atoms with Crippen LogP contribution in [0, 0.1) is 0 Å². The lowest BCUT2D eigenvalue weighted by Crippen LogP contribution is -1.90. The molecule has 0 aliphatic carbocycles. The lowest BCUT2D eigenvalue weighted by molar-refractivity contribution is 0.285. The third-order valence-corrected chi connectivity index (χ3v) is 4.04. The fourth-order valence-electron chi connectivity index (χ4n) is 3.08. The molecule has 0 aliphatic rings. The number of fused-ring (bicyclic) bond motifs is 4. The summed E-state index contributed by atoms with van der Waals surface area (Å²) in [6, 6.07) is 23.1. The van der Waals surface area contributed by atoms with Gasteiger partial charge in [-0.1, -0.05) is 60.7 Å². The Balaban J connectivity index is 2.30. The van der Waals surface area contributed by atoms with Gasteiger partial charge in [-0.05, 0) is 43.9 Å². The van der Waals surface area contributed by atoms with Crippen LogP contribution in [0.1, 0.15) is 5.56 Å². The first kappa shape index (κ1) is 11.4. The van der Waals surface area contributed by atoms with Crippen LogP contribution >= 0.6 is 0 Å². The van der Waals surface area contributed by atoms with E-state index in [2.05, 4.69) is 54.6 Å². The molecule has 0 radical (unpaired) electrons. The first-order valence-corrected chi connectivity index (χ1v) is 6.81. The van der Waals surface area contributed by atoms with E-state index in [9.17, 15) is 5.11 Å². The molecule has 0 heterocycles. The molecule has 0 aliphatic heterocycles. The molecule has 0 aromatic heterocycles.